The lowest BCUT2D eigenvalue weighted by Crippen LogP contribution is -2.61. The molecule has 0 amide bonds. The number of fused-ring (bicyclic) bond motifs is 1. The first-order valence-corrected chi connectivity index (χ1v) is 9.74. The van der Waals surface area contributed by atoms with Crippen LogP contribution in [0.25, 0.3) is 22.2 Å². The number of hydrogen-bond donors (Lipinski definition) is 1. The van der Waals surface area contributed by atoms with Gasteiger partial charge in [-0.1, -0.05) is 12.1 Å². The summed E-state index contributed by atoms with van der Waals surface area (Å²) in [5.41, 5.74) is 3.27. The molecule has 0 unspecified atom stereocenters. The van der Waals surface area contributed by atoms with Crippen LogP contribution in [-0.2, 0) is 0 Å². The second-order valence-corrected chi connectivity index (χ2v) is 8.32. The van der Waals surface area contributed by atoms with E-state index in [1.165, 1.54) is 37.9 Å². The van der Waals surface area contributed by atoms with E-state index >= 15 is 0 Å². The molecule has 4 heteroatoms. The summed E-state index contributed by atoms with van der Waals surface area (Å²) in [5, 5.41) is 1.23. The molecule has 2 atom stereocenters. The SMILES string of the molecule is c1cc2ccc(-c3ccc(OC4[C@@H]5CC6C[C@@H]4CN(C6)C5)cn3)cc2[nH]1. The van der Waals surface area contributed by atoms with E-state index in [9.17, 15) is 0 Å². The molecule has 1 aliphatic carbocycles. The van der Waals surface area contributed by atoms with Crippen LogP contribution in [0.3, 0.4) is 0 Å². The van der Waals surface area contributed by atoms with Gasteiger partial charge in [-0.05, 0) is 48.4 Å². The smallest absolute Gasteiger partial charge is 0.138 e. The molecule has 132 valence electrons. The van der Waals surface area contributed by atoms with Crippen LogP contribution in [0.1, 0.15) is 12.8 Å². The molecule has 4 aliphatic rings. The number of hydrogen-bond acceptors (Lipinski definition) is 3. The van der Waals surface area contributed by atoms with Gasteiger partial charge in [0.05, 0.1) is 11.9 Å². The Labute approximate surface area is 153 Å². The van der Waals surface area contributed by atoms with Crippen molar-refractivity contribution in [3.05, 3.63) is 48.8 Å². The molecule has 5 heterocycles. The average Bonchev–Trinajstić information content (AvgIpc) is 3.12. The first-order valence-electron chi connectivity index (χ1n) is 9.74. The molecular formula is C22H23N3O. The van der Waals surface area contributed by atoms with E-state index in [0.29, 0.717) is 17.9 Å². The highest BCUT2D eigenvalue weighted by Crippen LogP contribution is 2.44. The number of rotatable bonds is 3. The van der Waals surface area contributed by atoms with Gasteiger partial charge in [0.1, 0.15) is 11.9 Å². The van der Waals surface area contributed by atoms with Crippen LogP contribution in [-0.4, -0.2) is 40.6 Å². The quantitative estimate of drug-likeness (QED) is 0.781. The molecule has 4 nitrogen and oxygen atoms in total. The van der Waals surface area contributed by atoms with Crippen LogP contribution in [0.4, 0.5) is 0 Å². The number of ether oxygens (including phenoxy) is 1. The zero-order valence-corrected chi connectivity index (χ0v) is 14.8. The van der Waals surface area contributed by atoms with Gasteiger partial charge in [0.15, 0.2) is 0 Å². The molecule has 3 aliphatic heterocycles. The highest BCUT2D eigenvalue weighted by Gasteiger charge is 2.48. The zero-order chi connectivity index (χ0) is 17.1. The molecule has 7 rings (SSSR count). The third kappa shape index (κ3) is 2.36. The summed E-state index contributed by atoms with van der Waals surface area (Å²) in [6.07, 6.45) is 6.95. The van der Waals surface area contributed by atoms with Crippen molar-refractivity contribution < 1.29 is 4.74 Å². The maximum Gasteiger partial charge on any atom is 0.138 e. The summed E-state index contributed by atoms with van der Waals surface area (Å²) in [5.74, 6) is 3.24. The highest BCUT2D eigenvalue weighted by atomic mass is 16.5. The number of nitrogens with zero attached hydrogens (tertiary/aromatic N) is 2. The summed E-state index contributed by atoms with van der Waals surface area (Å²) in [6.45, 7) is 3.76. The number of aromatic nitrogens is 2. The van der Waals surface area contributed by atoms with Crippen LogP contribution in [0.15, 0.2) is 48.8 Å². The predicted molar refractivity (Wildman–Crippen MR) is 102 cm³/mol. The fourth-order valence-electron chi connectivity index (χ4n) is 5.54. The first-order chi connectivity index (χ1) is 12.8. The van der Waals surface area contributed by atoms with Crippen LogP contribution in [0, 0.1) is 17.8 Å². The summed E-state index contributed by atoms with van der Waals surface area (Å²) < 4.78 is 6.44. The van der Waals surface area contributed by atoms with Gasteiger partial charge < -0.3 is 14.6 Å². The summed E-state index contributed by atoms with van der Waals surface area (Å²) in [7, 11) is 0. The number of benzene rings is 1. The Hall–Kier alpha value is -2.33. The minimum absolute atomic E-state index is 0.380. The van der Waals surface area contributed by atoms with Crippen LogP contribution in [0.2, 0.25) is 0 Å². The zero-order valence-electron chi connectivity index (χ0n) is 14.8. The van der Waals surface area contributed by atoms with Crippen molar-refractivity contribution in [2.75, 3.05) is 19.6 Å². The summed E-state index contributed by atoms with van der Waals surface area (Å²) in [6, 6.07) is 12.7. The third-order valence-electron chi connectivity index (χ3n) is 6.56. The predicted octanol–water partition coefficient (Wildman–Crippen LogP) is 3.95. The maximum atomic E-state index is 6.44. The molecule has 3 saturated heterocycles. The molecule has 4 bridgehead atoms. The van der Waals surface area contributed by atoms with E-state index in [4.69, 9.17) is 4.74 Å². The molecule has 0 radical (unpaired) electrons. The second-order valence-electron chi connectivity index (χ2n) is 8.32. The van der Waals surface area contributed by atoms with Gasteiger partial charge in [-0.15, -0.1) is 0 Å². The summed E-state index contributed by atoms with van der Waals surface area (Å²) in [4.78, 5) is 10.6. The van der Waals surface area contributed by atoms with E-state index < -0.39 is 0 Å². The lowest BCUT2D eigenvalue weighted by molar-refractivity contribution is -0.0985. The monoisotopic (exact) mass is 345 g/mol. The Morgan fingerprint density at radius 1 is 1.00 bits per heavy atom. The molecular weight excluding hydrogens is 322 g/mol. The van der Waals surface area contributed by atoms with Crippen LogP contribution in [0.5, 0.6) is 5.75 Å². The second kappa shape index (κ2) is 5.58. The Morgan fingerprint density at radius 2 is 1.88 bits per heavy atom. The Kier molecular flexibility index (Phi) is 3.18. The van der Waals surface area contributed by atoms with Crippen molar-refractivity contribution in [1.82, 2.24) is 14.9 Å². The van der Waals surface area contributed by atoms with E-state index in [2.05, 4.69) is 51.3 Å². The molecule has 2 aromatic heterocycles. The Morgan fingerprint density at radius 3 is 2.65 bits per heavy atom. The van der Waals surface area contributed by atoms with Gasteiger partial charge in [0.25, 0.3) is 0 Å². The van der Waals surface area contributed by atoms with Crippen LogP contribution < -0.4 is 4.74 Å². The largest absolute Gasteiger partial charge is 0.488 e. The van der Waals surface area contributed by atoms with Crippen molar-refractivity contribution in [2.45, 2.75) is 18.9 Å². The number of nitrogens with one attached hydrogen (secondary N) is 1. The van der Waals surface area contributed by atoms with E-state index in [1.54, 1.807) is 0 Å². The lowest BCUT2D eigenvalue weighted by atomic mass is 9.66. The van der Waals surface area contributed by atoms with Gasteiger partial charge >= 0.3 is 0 Å². The Bertz CT molecular complexity index is 917. The van der Waals surface area contributed by atoms with Crippen molar-refractivity contribution in [3.63, 3.8) is 0 Å². The fourth-order valence-corrected chi connectivity index (χ4v) is 5.54. The molecule has 0 spiro atoms. The van der Waals surface area contributed by atoms with Gasteiger partial charge in [-0.3, -0.25) is 4.98 Å². The van der Waals surface area contributed by atoms with E-state index in [-0.39, 0.29) is 0 Å². The first kappa shape index (κ1) is 14.8. The van der Waals surface area contributed by atoms with Gasteiger partial charge in [-0.2, -0.15) is 0 Å². The molecule has 1 aromatic carbocycles. The van der Waals surface area contributed by atoms with Crippen molar-refractivity contribution in [2.24, 2.45) is 17.8 Å². The van der Waals surface area contributed by atoms with E-state index in [0.717, 1.165) is 28.4 Å². The third-order valence-corrected chi connectivity index (χ3v) is 6.56. The molecule has 3 aromatic rings. The van der Waals surface area contributed by atoms with Gasteiger partial charge in [0.2, 0.25) is 0 Å². The number of H-pyrrole nitrogens is 1. The minimum atomic E-state index is 0.380. The average molecular weight is 345 g/mol. The fraction of sp³-hybridized carbons (Fsp3) is 0.409. The minimum Gasteiger partial charge on any atom is -0.488 e. The molecule has 4 fully saturated rings. The standard InChI is InChI=1S/C22H23N3O/c1-2-16(9-21-15(1)5-6-23-21)20-4-3-19(10-24-20)26-22-17-7-14-8-18(22)13-25(11-14)12-17/h1-6,9-10,14,17-18,22-23H,7-8,11-13H2/t14?,17-,18-,22?/m1/s1. The maximum absolute atomic E-state index is 6.44. The number of aromatic amines is 1. The van der Waals surface area contributed by atoms with Gasteiger partial charge in [0, 0.05) is 48.7 Å². The number of piperidine rings is 3. The number of pyridine rings is 1. The topological polar surface area (TPSA) is 41.1 Å². The van der Waals surface area contributed by atoms with Crippen LogP contribution >= 0.6 is 0 Å². The molecule has 26 heavy (non-hydrogen) atoms. The molecule has 1 saturated carbocycles. The van der Waals surface area contributed by atoms with E-state index in [1.807, 2.05) is 12.4 Å². The highest BCUT2D eigenvalue weighted by molar-refractivity contribution is 5.84. The van der Waals surface area contributed by atoms with Crippen molar-refractivity contribution in [1.29, 1.82) is 0 Å². The van der Waals surface area contributed by atoms with Crippen molar-refractivity contribution in [3.8, 4) is 17.0 Å². The Balaban J connectivity index is 1.23. The normalized spacial score (nSPS) is 32.2. The van der Waals surface area contributed by atoms with Gasteiger partial charge in [-0.25, -0.2) is 0 Å². The lowest BCUT2D eigenvalue weighted by Gasteiger charge is -2.55. The summed E-state index contributed by atoms with van der Waals surface area (Å²) >= 11 is 0. The molecule has 1 N–H and O–H groups in total. The van der Waals surface area contributed by atoms with Crippen molar-refractivity contribution >= 4 is 10.9 Å².